The van der Waals surface area contributed by atoms with Gasteiger partial charge in [-0.1, -0.05) is 19.3 Å². The molecule has 9 heteroatoms. The first-order valence-electron chi connectivity index (χ1n) is 12.3. The molecule has 5 heterocycles. The zero-order valence-electron chi connectivity index (χ0n) is 19.3. The van der Waals surface area contributed by atoms with Crippen LogP contribution in [-0.4, -0.2) is 57.2 Å². The SMILES string of the molecule is NC(=O)C(c1ncccn1)[N+]12CCC(CC1)[C@@H](OC(=O)C(O)(c1ccoc1)C1CCCCC1)C2. The molecular weight excluding hydrogens is 436 g/mol. The highest BCUT2D eigenvalue weighted by atomic mass is 16.6. The summed E-state index contributed by atoms with van der Waals surface area (Å²) in [5.41, 5.74) is 4.57. The summed E-state index contributed by atoms with van der Waals surface area (Å²) in [4.78, 5) is 34.9. The van der Waals surface area contributed by atoms with Crippen molar-refractivity contribution in [3.8, 4) is 0 Å². The maximum atomic E-state index is 13.6. The van der Waals surface area contributed by atoms with Gasteiger partial charge in [0.2, 0.25) is 6.04 Å². The average Bonchev–Trinajstić information content (AvgIpc) is 3.41. The first-order chi connectivity index (χ1) is 16.4. The van der Waals surface area contributed by atoms with Gasteiger partial charge in [0.05, 0.1) is 25.6 Å². The maximum Gasteiger partial charge on any atom is 0.343 e. The molecule has 2 bridgehead atoms. The molecule has 2 aromatic heterocycles. The molecule has 0 radical (unpaired) electrons. The van der Waals surface area contributed by atoms with Gasteiger partial charge in [0.1, 0.15) is 6.54 Å². The van der Waals surface area contributed by atoms with Gasteiger partial charge in [-0.05, 0) is 25.0 Å². The van der Waals surface area contributed by atoms with E-state index in [0.29, 0.717) is 22.4 Å². The summed E-state index contributed by atoms with van der Waals surface area (Å²) in [6.45, 7) is 1.95. The van der Waals surface area contributed by atoms with Gasteiger partial charge in [-0.15, -0.1) is 0 Å². The molecule has 1 saturated carbocycles. The second-order valence-electron chi connectivity index (χ2n) is 10.2. The van der Waals surface area contributed by atoms with Gasteiger partial charge in [0, 0.05) is 42.6 Å². The van der Waals surface area contributed by atoms with E-state index in [0.717, 1.165) is 58.0 Å². The van der Waals surface area contributed by atoms with Crippen molar-refractivity contribution in [1.29, 1.82) is 0 Å². The highest BCUT2D eigenvalue weighted by molar-refractivity contribution is 5.82. The highest BCUT2D eigenvalue weighted by Crippen LogP contribution is 2.44. The van der Waals surface area contributed by atoms with E-state index in [9.17, 15) is 14.7 Å². The minimum Gasteiger partial charge on any atom is -0.472 e. The van der Waals surface area contributed by atoms with Crippen LogP contribution in [0.1, 0.15) is 62.4 Å². The molecule has 2 unspecified atom stereocenters. The Labute approximate surface area is 198 Å². The van der Waals surface area contributed by atoms with Crippen LogP contribution in [0.3, 0.4) is 0 Å². The number of esters is 1. The van der Waals surface area contributed by atoms with Crippen molar-refractivity contribution >= 4 is 11.9 Å². The van der Waals surface area contributed by atoms with Crippen molar-refractivity contribution in [2.75, 3.05) is 19.6 Å². The van der Waals surface area contributed by atoms with Crippen LogP contribution in [0.25, 0.3) is 0 Å². The number of carbonyl (C=O) groups excluding carboxylic acids is 2. The first-order valence-corrected chi connectivity index (χ1v) is 12.3. The van der Waals surface area contributed by atoms with E-state index in [1.54, 1.807) is 24.5 Å². The van der Waals surface area contributed by atoms with Gasteiger partial charge in [-0.3, -0.25) is 4.79 Å². The lowest BCUT2D eigenvalue weighted by atomic mass is 9.74. The Kier molecular flexibility index (Phi) is 6.16. The normalized spacial score (nSPS) is 29.8. The fourth-order valence-corrected chi connectivity index (χ4v) is 6.50. The van der Waals surface area contributed by atoms with E-state index in [-0.39, 0.29) is 11.8 Å². The van der Waals surface area contributed by atoms with Gasteiger partial charge in [-0.2, -0.15) is 0 Å². The number of primary amides is 1. The summed E-state index contributed by atoms with van der Waals surface area (Å²) in [5, 5.41) is 11.8. The molecule has 4 aliphatic rings. The van der Waals surface area contributed by atoms with E-state index in [4.69, 9.17) is 14.9 Å². The molecule has 3 atom stereocenters. The highest BCUT2D eigenvalue weighted by Gasteiger charge is 2.56. The van der Waals surface area contributed by atoms with Crippen molar-refractivity contribution < 1.29 is 28.3 Å². The third kappa shape index (κ3) is 3.90. The molecule has 0 spiro atoms. The Morgan fingerprint density at radius 2 is 1.85 bits per heavy atom. The van der Waals surface area contributed by atoms with Crippen molar-refractivity contribution in [2.45, 2.75) is 62.7 Å². The van der Waals surface area contributed by atoms with E-state index < -0.39 is 29.6 Å². The lowest BCUT2D eigenvalue weighted by Crippen LogP contribution is -2.68. The molecule has 3 saturated heterocycles. The molecule has 0 aromatic carbocycles. The second-order valence-corrected chi connectivity index (χ2v) is 10.2. The van der Waals surface area contributed by atoms with Gasteiger partial charge >= 0.3 is 5.97 Å². The molecule has 1 aliphatic carbocycles. The van der Waals surface area contributed by atoms with Crippen LogP contribution in [0.4, 0.5) is 0 Å². The number of aromatic nitrogens is 2. The minimum absolute atomic E-state index is 0.189. The molecule has 6 rings (SSSR count). The number of furan rings is 1. The van der Waals surface area contributed by atoms with E-state index >= 15 is 0 Å². The smallest absolute Gasteiger partial charge is 0.343 e. The van der Waals surface area contributed by atoms with E-state index in [2.05, 4.69) is 9.97 Å². The zero-order valence-corrected chi connectivity index (χ0v) is 19.3. The number of piperidine rings is 3. The lowest BCUT2D eigenvalue weighted by molar-refractivity contribution is -0.965. The maximum absolute atomic E-state index is 13.6. The van der Waals surface area contributed by atoms with Crippen LogP contribution in [0.15, 0.2) is 41.5 Å². The number of ether oxygens (including phenoxy) is 1. The summed E-state index contributed by atoms with van der Waals surface area (Å²) in [6.07, 6.45) is 11.9. The number of hydrogen-bond acceptors (Lipinski definition) is 7. The van der Waals surface area contributed by atoms with Crippen LogP contribution in [0.5, 0.6) is 0 Å². The van der Waals surface area contributed by atoms with Crippen LogP contribution < -0.4 is 5.73 Å². The number of fused-ring (bicyclic) bond motifs is 3. The Morgan fingerprint density at radius 3 is 2.47 bits per heavy atom. The Balaban J connectivity index is 1.41. The van der Waals surface area contributed by atoms with E-state index in [1.165, 1.54) is 12.5 Å². The largest absolute Gasteiger partial charge is 0.472 e. The summed E-state index contributed by atoms with van der Waals surface area (Å²) >= 11 is 0. The predicted molar refractivity (Wildman–Crippen MR) is 121 cm³/mol. The molecule has 9 nitrogen and oxygen atoms in total. The number of rotatable bonds is 7. The van der Waals surface area contributed by atoms with Crippen LogP contribution >= 0.6 is 0 Å². The average molecular weight is 470 g/mol. The summed E-state index contributed by atoms with van der Waals surface area (Å²) in [6, 6.07) is 2.65. The molecule has 4 fully saturated rings. The zero-order chi connectivity index (χ0) is 23.8. The molecule has 34 heavy (non-hydrogen) atoms. The number of aliphatic hydroxyl groups is 1. The van der Waals surface area contributed by atoms with Crippen molar-refractivity contribution in [2.24, 2.45) is 17.6 Å². The van der Waals surface area contributed by atoms with Crippen molar-refractivity contribution in [1.82, 2.24) is 9.97 Å². The number of carbonyl (C=O) groups is 2. The fourth-order valence-electron chi connectivity index (χ4n) is 6.50. The topological polar surface area (TPSA) is 129 Å². The molecule has 3 aliphatic heterocycles. The van der Waals surface area contributed by atoms with Gasteiger partial charge in [0.15, 0.2) is 17.5 Å². The van der Waals surface area contributed by atoms with Crippen molar-refractivity contribution in [3.05, 3.63) is 48.4 Å². The first kappa shape index (κ1) is 23.0. The minimum atomic E-state index is -1.74. The molecule has 1 amide bonds. The molecular formula is C25H33N4O5+. The van der Waals surface area contributed by atoms with E-state index in [1.807, 2.05) is 0 Å². The molecule has 182 valence electrons. The number of nitrogens with zero attached hydrogens (tertiary/aromatic N) is 3. The van der Waals surface area contributed by atoms with Gasteiger partial charge < -0.3 is 24.5 Å². The summed E-state index contributed by atoms with van der Waals surface area (Å²) in [5.74, 6) is -0.726. The summed E-state index contributed by atoms with van der Waals surface area (Å²) < 4.78 is 11.7. The Morgan fingerprint density at radius 1 is 1.15 bits per heavy atom. The number of quaternary nitrogens is 1. The monoisotopic (exact) mass is 469 g/mol. The standard InChI is InChI=1S/C25H32N4O5/c26-22(30)21(23-27-10-4-11-28-23)29-12-7-17(8-13-29)20(15-29)34-24(31)25(32,19-9-14-33-16-19)18-5-2-1-3-6-18/h4,9-11,14,16-18,20-21,32H,1-3,5-8,12-13,15H2,(H-,26,30)/p+1/t17?,20-,21?,25?,29?/m0/s1. The third-order valence-electron chi connectivity index (χ3n) is 8.33. The number of hydrogen-bond donors (Lipinski definition) is 2. The lowest BCUT2D eigenvalue weighted by Gasteiger charge is -2.54. The number of amides is 1. The Hall–Kier alpha value is -2.78. The molecule has 2 aromatic rings. The number of nitrogens with two attached hydrogens (primary N) is 1. The van der Waals surface area contributed by atoms with Crippen LogP contribution in [0, 0.1) is 11.8 Å². The van der Waals surface area contributed by atoms with Crippen LogP contribution in [-0.2, 0) is 19.9 Å². The molecule has 3 N–H and O–H groups in total. The van der Waals surface area contributed by atoms with Crippen molar-refractivity contribution in [3.63, 3.8) is 0 Å². The third-order valence-corrected chi connectivity index (χ3v) is 8.33. The predicted octanol–water partition coefficient (Wildman–Crippen LogP) is 2.22. The second kappa shape index (κ2) is 9.11. The summed E-state index contributed by atoms with van der Waals surface area (Å²) in [7, 11) is 0. The van der Waals surface area contributed by atoms with Gasteiger partial charge in [0.25, 0.3) is 5.91 Å². The van der Waals surface area contributed by atoms with Gasteiger partial charge in [-0.25, -0.2) is 14.8 Å². The fraction of sp³-hybridized carbons (Fsp3) is 0.600. The Bertz CT molecular complexity index is 1000. The van der Waals surface area contributed by atoms with Crippen LogP contribution in [0.2, 0.25) is 0 Å². The quantitative estimate of drug-likeness (QED) is 0.470.